The molecule has 1 aromatic heterocycles. The van der Waals surface area contributed by atoms with Crippen LogP contribution in [-0.2, 0) is 15.4 Å². The second-order valence-corrected chi connectivity index (χ2v) is 10.7. The lowest BCUT2D eigenvalue weighted by atomic mass is 9.71. The summed E-state index contributed by atoms with van der Waals surface area (Å²) in [4.78, 5) is 2.79. The average Bonchev–Trinajstić information content (AvgIpc) is 3.30. The van der Waals surface area contributed by atoms with Gasteiger partial charge in [0, 0.05) is 29.1 Å². The molecule has 13 heteroatoms. The van der Waals surface area contributed by atoms with Crippen molar-refractivity contribution in [2.45, 2.75) is 29.6 Å². The van der Waals surface area contributed by atoms with Crippen molar-refractivity contribution in [2.24, 2.45) is 0 Å². The number of piperidine rings is 1. The van der Waals surface area contributed by atoms with Gasteiger partial charge in [-0.05, 0) is 50.0 Å². The van der Waals surface area contributed by atoms with E-state index >= 15 is 0 Å². The van der Waals surface area contributed by atoms with Crippen LogP contribution >= 0.6 is 23.1 Å². The molecule has 0 unspecified atom stereocenters. The summed E-state index contributed by atoms with van der Waals surface area (Å²) in [6, 6.07) is 5.92. The largest absolute Gasteiger partial charge is 0.490 e. The molecule has 0 saturated carbocycles. The minimum Gasteiger partial charge on any atom is -0.490 e. The predicted molar refractivity (Wildman–Crippen MR) is 122 cm³/mol. The SMILES string of the molecule is O=S(=O)(Nc1ncns1)c1cc(F)c(OCCC2(c3ccc(Cl)c(F)c3)CCNCC2)cc1F. The molecule has 2 heterocycles. The van der Waals surface area contributed by atoms with Crippen molar-refractivity contribution in [2.75, 3.05) is 24.4 Å². The number of sulfonamides is 1. The summed E-state index contributed by atoms with van der Waals surface area (Å²) in [5.74, 6) is -3.15. The molecule has 0 atom stereocenters. The Balaban J connectivity index is 1.50. The molecule has 182 valence electrons. The monoisotopic (exact) mass is 532 g/mol. The fourth-order valence-corrected chi connectivity index (χ4v) is 5.84. The third-order valence-electron chi connectivity index (χ3n) is 5.79. The highest BCUT2D eigenvalue weighted by Crippen LogP contribution is 2.38. The second kappa shape index (κ2) is 10.1. The summed E-state index contributed by atoms with van der Waals surface area (Å²) < 4.78 is 79.3. The number of hydrogen-bond acceptors (Lipinski definition) is 7. The van der Waals surface area contributed by atoms with Crippen molar-refractivity contribution in [1.82, 2.24) is 14.7 Å². The Morgan fingerprint density at radius 2 is 1.88 bits per heavy atom. The summed E-state index contributed by atoms with van der Waals surface area (Å²) in [6.45, 7) is 1.43. The Kier molecular flexibility index (Phi) is 7.31. The van der Waals surface area contributed by atoms with E-state index in [-0.39, 0.29) is 16.8 Å². The van der Waals surface area contributed by atoms with E-state index in [0.29, 0.717) is 44.5 Å². The molecule has 0 radical (unpaired) electrons. The van der Waals surface area contributed by atoms with Crippen LogP contribution in [0.5, 0.6) is 5.75 Å². The highest BCUT2D eigenvalue weighted by Gasteiger charge is 2.34. The molecule has 4 rings (SSSR count). The molecule has 1 saturated heterocycles. The van der Waals surface area contributed by atoms with Gasteiger partial charge in [0.15, 0.2) is 11.6 Å². The standard InChI is InChI=1S/C21H20ClF3N4O3S2/c22-14-2-1-13(9-15(14)23)21(3-6-26-7-4-21)5-8-32-18-10-17(25)19(11-16(18)24)34(30,31)29-20-27-12-28-33-20/h1-2,9-12,26H,3-8H2,(H,27,28,29). The molecule has 2 aromatic carbocycles. The molecule has 2 N–H and O–H groups in total. The highest BCUT2D eigenvalue weighted by molar-refractivity contribution is 7.93. The molecule has 0 spiro atoms. The van der Waals surface area contributed by atoms with Gasteiger partial charge in [0.1, 0.15) is 22.9 Å². The first kappa shape index (κ1) is 24.7. The van der Waals surface area contributed by atoms with Crippen LogP contribution in [0.25, 0.3) is 0 Å². The van der Waals surface area contributed by atoms with Gasteiger partial charge in [0.25, 0.3) is 10.0 Å². The van der Waals surface area contributed by atoms with Crippen LogP contribution in [0.4, 0.5) is 18.3 Å². The number of anilines is 1. The number of benzene rings is 2. The second-order valence-electron chi connectivity index (χ2n) is 7.82. The minimum atomic E-state index is -4.41. The van der Waals surface area contributed by atoms with E-state index in [0.717, 1.165) is 23.4 Å². The van der Waals surface area contributed by atoms with Gasteiger partial charge in [-0.1, -0.05) is 17.7 Å². The van der Waals surface area contributed by atoms with Crippen molar-refractivity contribution in [3.63, 3.8) is 0 Å². The van der Waals surface area contributed by atoms with Crippen LogP contribution in [0.2, 0.25) is 5.02 Å². The van der Waals surface area contributed by atoms with Gasteiger partial charge in [-0.3, -0.25) is 4.72 Å². The van der Waals surface area contributed by atoms with E-state index in [1.165, 1.54) is 12.1 Å². The zero-order valence-electron chi connectivity index (χ0n) is 17.7. The smallest absolute Gasteiger partial charge is 0.266 e. The third-order valence-corrected chi connectivity index (χ3v) is 8.16. The molecular formula is C21H20ClF3N4O3S2. The number of rotatable bonds is 8. The van der Waals surface area contributed by atoms with Crippen molar-refractivity contribution in [3.05, 3.63) is 64.7 Å². The maximum atomic E-state index is 14.6. The van der Waals surface area contributed by atoms with Crippen molar-refractivity contribution in [1.29, 1.82) is 0 Å². The fourth-order valence-electron chi connectivity index (χ4n) is 3.99. The first-order valence-corrected chi connectivity index (χ1v) is 12.9. The van der Waals surface area contributed by atoms with E-state index in [9.17, 15) is 21.6 Å². The fraction of sp³-hybridized carbons (Fsp3) is 0.333. The van der Waals surface area contributed by atoms with Gasteiger partial charge in [0.05, 0.1) is 11.6 Å². The molecule has 0 aliphatic carbocycles. The predicted octanol–water partition coefficient (Wildman–Crippen LogP) is 4.50. The Morgan fingerprint density at radius 1 is 1.12 bits per heavy atom. The van der Waals surface area contributed by atoms with E-state index < -0.39 is 43.5 Å². The number of aromatic nitrogens is 2. The summed E-state index contributed by atoms with van der Waals surface area (Å²) in [5.41, 5.74) is 0.330. The highest BCUT2D eigenvalue weighted by atomic mass is 35.5. The first-order chi connectivity index (χ1) is 16.2. The molecule has 7 nitrogen and oxygen atoms in total. The van der Waals surface area contributed by atoms with Crippen molar-refractivity contribution < 1.29 is 26.3 Å². The quantitative estimate of drug-likeness (QED) is 0.444. The maximum Gasteiger partial charge on any atom is 0.266 e. The lowest BCUT2D eigenvalue weighted by Crippen LogP contribution is -2.41. The zero-order valence-corrected chi connectivity index (χ0v) is 20.0. The molecule has 1 fully saturated rings. The number of hydrogen-bond donors (Lipinski definition) is 2. The van der Waals surface area contributed by atoms with E-state index in [1.807, 2.05) is 4.72 Å². The van der Waals surface area contributed by atoms with Crippen molar-refractivity contribution in [3.8, 4) is 5.75 Å². The summed E-state index contributed by atoms with van der Waals surface area (Å²) >= 11 is 6.58. The number of nitrogens with zero attached hydrogens (tertiary/aromatic N) is 2. The number of nitrogens with one attached hydrogen (secondary N) is 2. The lowest BCUT2D eigenvalue weighted by molar-refractivity contribution is 0.211. The number of ether oxygens (including phenoxy) is 1. The molecular weight excluding hydrogens is 513 g/mol. The normalized spacial score (nSPS) is 15.8. The van der Waals surface area contributed by atoms with Gasteiger partial charge in [-0.2, -0.15) is 4.37 Å². The van der Waals surface area contributed by atoms with Crippen LogP contribution in [-0.4, -0.2) is 37.5 Å². The Hall–Kier alpha value is -2.41. The van der Waals surface area contributed by atoms with Crippen LogP contribution in [0.1, 0.15) is 24.8 Å². The van der Waals surface area contributed by atoms with Gasteiger partial charge < -0.3 is 10.1 Å². The van der Waals surface area contributed by atoms with Gasteiger partial charge in [0.2, 0.25) is 5.13 Å². The molecule has 1 aliphatic rings. The van der Waals surface area contributed by atoms with E-state index in [2.05, 4.69) is 14.7 Å². The zero-order chi connectivity index (χ0) is 24.3. The molecule has 1 aliphatic heterocycles. The molecule has 3 aromatic rings. The average molecular weight is 533 g/mol. The van der Waals surface area contributed by atoms with Crippen LogP contribution < -0.4 is 14.8 Å². The molecule has 34 heavy (non-hydrogen) atoms. The van der Waals surface area contributed by atoms with E-state index in [4.69, 9.17) is 16.3 Å². The first-order valence-electron chi connectivity index (χ1n) is 10.3. The summed E-state index contributed by atoms with van der Waals surface area (Å²) in [6.07, 6.45) is 2.94. The topological polar surface area (TPSA) is 93.2 Å². The third kappa shape index (κ3) is 5.29. The van der Waals surface area contributed by atoms with Crippen LogP contribution in [0, 0.1) is 17.5 Å². The number of halogens is 4. The van der Waals surface area contributed by atoms with Gasteiger partial charge in [-0.25, -0.2) is 26.6 Å². The lowest BCUT2D eigenvalue weighted by Gasteiger charge is -2.38. The Morgan fingerprint density at radius 3 is 2.56 bits per heavy atom. The van der Waals surface area contributed by atoms with Gasteiger partial charge >= 0.3 is 0 Å². The summed E-state index contributed by atoms with van der Waals surface area (Å²) in [7, 11) is -4.41. The van der Waals surface area contributed by atoms with Gasteiger partial charge in [-0.15, -0.1) is 0 Å². The van der Waals surface area contributed by atoms with Crippen molar-refractivity contribution >= 4 is 38.3 Å². The molecule has 0 amide bonds. The Labute approximate surface area is 203 Å². The van der Waals surface area contributed by atoms with E-state index in [1.54, 1.807) is 6.07 Å². The Bertz CT molecular complexity index is 1270. The van der Waals surface area contributed by atoms with Crippen LogP contribution in [0.3, 0.4) is 0 Å². The minimum absolute atomic E-state index is 0.00966. The summed E-state index contributed by atoms with van der Waals surface area (Å²) in [5, 5.41) is 3.20. The van der Waals surface area contributed by atoms with Crippen LogP contribution in [0.15, 0.2) is 41.6 Å². The molecule has 0 bridgehead atoms. The maximum absolute atomic E-state index is 14.6.